The molecule has 0 aliphatic rings. The van der Waals surface area contributed by atoms with Gasteiger partial charge in [-0.3, -0.25) is 4.79 Å². The molecule has 0 aliphatic carbocycles. The maximum Gasteiger partial charge on any atom is 0.352 e. The number of aryl methyl sites for hydroxylation is 1. The molecule has 2 rings (SSSR count). The quantitative estimate of drug-likeness (QED) is 0.666. The van der Waals surface area contributed by atoms with E-state index >= 15 is 0 Å². The van der Waals surface area contributed by atoms with E-state index in [9.17, 15) is 9.59 Å². The summed E-state index contributed by atoms with van der Waals surface area (Å²) in [5.74, 6) is -1.39. The Morgan fingerprint density at radius 1 is 1.26 bits per heavy atom. The first-order valence-corrected chi connectivity index (χ1v) is 5.77. The average molecular weight is 279 g/mol. The lowest BCUT2D eigenvalue weighted by Crippen LogP contribution is -2.02. The van der Waals surface area contributed by atoms with Crippen LogP contribution in [0.5, 0.6) is 0 Å². The fourth-order valence-corrected chi connectivity index (χ4v) is 1.92. The van der Waals surface area contributed by atoms with Crippen molar-refractivity contribution in [2.45, 2.75) is 0 Å². The Balaban J connectivity index is 2.41. The van der Waals surface area contributed by atoms with Crippen LogP contribution in [0.15, 0.2) is 30.5 Å². The largest absolute Gasteiger partial charge is 0.477 e. The van der Waals surface area contributed by atoms with Crippen LogP contribution in [0.4, 0.5) is 5.69 Å². The van der Waals surface area contributed by atoms with Crippen molar-refractivity contribution in [3.63, 3.8) is 0 Å². The fourth-order valence-electron chi connectivity index (χ4n) is 1.74. The molecule has 3 N–H and O–H groups in total. The highest BCUT2D eigenvalue weighted by molar-refractivity contribution is 6.33. The number of rotatable bonds is 3. The van der Waals surface area contributed by atoms with Crippen LogP contribution in [0.3, 0.4) is 0 Å². The first-order valence-electron chi connectivity index (χ1n) is 5.39. The number of nitrogens with two attached hydrogens (primary N) is 1. The zero-order chi connectivity index (χ0) is 14.2. The highest BCUT2D eigenvalue weighted by Crippen LogP contribution is 2.22. The molecule has 0 unspecified atom stereocenters. The zero-order valence-corrected chi connectivity index (χ0v) is 10.8. The lowest BCUT2D eigenvalue weighted by atomic mass is 10.1. The van der Waals surface area contributed by atoms with Crippen LogP contribution >= 0.6 is 11.6 Å². The minimum absolute atomic E-state index is 0.0462. The van der Waals surface area contributed by atoms with Crippen molar-refractivity contribution in [1.82, 2.24) is 4.57 Å². The van der Waals surface area contributed by atoms with Crippen LogP contribution in [0.25, 0.3) is 0 Å². The molecule has 0 bridgehead atoms. The van der Waals surface area contributed by atoms with E-state index in [4.69, 9.17) is 22.4 Å². The van der Waals surface area contributed by atoms with E-state index in [-0.39, 0.29) is 11.5 Å². The molecule has 1 aromatic carbocycles. The summed E-state index contributed by atoms with van der Waals surface area (Å²) in [5, 5.41) is 9.23. The van der Waals surface area contributed by atoms with Gasteiger partial charge in [-0.15, -0.1) is 0 Å². The van der Waals surface area contributed by atoms with Gasteiger partial charge in [0.05, 0.1) is 10.7 Å². The molecule has 1 aromatic heterocycles. The second-order valence-corrected chi connectivity index (χ2v) is 4.50. The number of ketones is 1. The Hall–Kier alpha value is -2.27. The number of carboxylic acids is 1. The summed E-state index contributed by atoms with van der Waals surface area (Å²) < 4.78 is 1.38. The average Bonchev–Trinajstić information content (AvgIpc) is 2.74. The highest BCUT2D eigenvalue weighted by Gasteiger charge is 2.16. The first kappa shape index (κ1) is 13.2. The van der Waals surface area contributed by atoms with Crippen LogP contribution < -0.4 is 5.73 Å². The van der Waals surface area contributed by atoms with Crippen LogP contribution in [0.1, 0.15) is 26.4 Å². The lowest BCUT2D eigenvalue weighted by molar-refractivity contribution is 0.0686. The number of nitrogens with zero attached hydrogens (tertiary/aromatic N) is 1. The number of hydrogen-bond acceptors (Lipinski definition) is 3. The Morgan fingerprint density at radius 2 is 1.95 bits per heavy atom. The van der Waals surface area contributed by atoms with Crippen molar-refractivity contribution in [2.75, 3.05) is 5.73 Å². The normalized spacial score (nSPS) is 10.4. The summed E-state index contributed by atoms with van der Waals surface area (Å²) in [6.45, 7) is 0. The Bertz CT molecular complexity index is 677. The van der Waals surface area contributed by atoms with Crippen molar-refractivity contribution in [3.05, 3.63) is 52.3 Å². The van der Waals surface area contributed by atoms with E-state index in [0.29, 0.717) is 21.8 Å². The molecule has 5 nitrogen and oxygen atoms in total. The summed E-state index contributed by atoms with van der Waals surface area (Å²) >= 11 is 5.86. The van der Waals surface area contributed by atoms with Crippen LogP contribution in [0, 0.1) is 0 Å². The van der Waals surface area contributed by atoms with E-state index in [1.54, 1.807) is 13.1 Å². The number of carbonyl (C=O) groups excluding carboxylic acids is 1. The number of nitrogen functional groups attached to an aromatic ring is 1. The molecule has 2 aromatic rings. The third kappa shape index (κ3) is 2.46. The van der Waals surface area contributed by atoms with Gasteiger partial charge in [0, 0.05) is 24.4 Å². The van der Waals surface area contributed by atoms with Gasteiger partial charge in [-0.1, -0.05) is 11.6 Å². The molecule has 0 fully saturated rings. The van der Waals surface area contributed by atoms with Crippen molar-refractivity contribution in [1.29, 1.82) is 0 Å². The molecular weight excluding hydrogens is 268 g/mol. The monoisotopic (exact) mass is 278 g/mol. The van der Waals surface area contributed by atoms with Crippen LogP contribution in [-0.2, 0) is 7.05 Å². The molecule has 1 heterocycles. The molecule has 0 aliphatic heterocycles. The number of aromatic carboxylic acids is 1. The summed E-state index contributed by atoms with van der Waals surface area (Å²) in [6.07, 6.45) is 1.47. The maximum absolute atomic E-state index is 12.2. The van der Waals surface area contributed by atoms with E-state index in [1.165, 1.54) is 29.0 Å². The molecule has 0 spiro atoms. The van der Waals surface area contributed by atoms with Gasteiger partial charge < -0.3 is 15.4 Å². The lowest BCUT2D eigenvalue weighted by Gasteiger charge is -2.01. The zero-order valence-electron chi connectivity index (χ0n) is 10.1. The van der Waals surface area contributed by atoms with Gasteiger partial charge >= 0.3 is 5.97 Å². The SMILES string of the molecule is Cn1cc(C(=O)c2ccc(N)c(Cl)c2)cc1C(=O)O. The Kier molecular flexibility index (Phi) is 3.31. The van der Waals surface area contributed by atoms with Gasteiger partial charge in [-0.05, 0) is 24.3 Å². The summed E-state index contributed by atoms with van der Waals surface area (Å²) in [6, 6.07) is 5.88. The third-order valence-electron chi connectivity index (χ3n) is 2.75. The molecule has 19 heavy (non-hydrogen) atoms. The predicted molar refractivity (Wildman–Crippen MR) is 71.7 cm³/mol. The van der Waals surface area contributed by atoms with Crippen molar-refractivity contribution < 1.29 is 14.7 Å². The molecule has 0 radical (unpaired) electrons. The van der Waals surface area contributed by atoms with Gasteiger partial charge in [0.25, 0.3) is 0 Å². The number of halogens is 1. The smallest absolute Gasteiger partial charge is 0.352 e. The summed E-state index contributed by atoms with van der Waals surface area (Å²) in [5.41, 5.74) is 6.66. The minimum Gasteiger partial charge on any atom is -0.477 e. The van der Waals surface area contributed by atoms with Crippen LogP contribution in [-0.4, -0.2) is 21.4 Å². The molecule has 0 saturated carbocycles. The second kappa shape index (κ2) is 4.78. The second-order valence-electron chi connectivity index (χ2n) is 4.10. The molecule has 98 valence electrons. The molecule has 0 atom stereocenters. The molecular formula is C13H11ClN2O3. The van der Waals surface area contributed by atoms with E-state index in [0.717, 1.165) is 0 Å². The number of benzene rings is 1. The van der Waals surface area contributed by atoms with Gasteiger partial charge in [-0.25, -0.2) is 4.79 Å². The standard InChI is InChI=1S/C13H11ClN2O3/c1-16-6-8(5-11(16)13(18)19)12(17)7-2-3-10(15)9(14)4-7/h2-6H,15H2,1H3,(H,18,19). The highest BCUT2D eigenvalue weighted by atomic mass is 35.5. The predicted octanol–water partition coefficient (Wildman–Crippen LogP) is 2.19. The molecule has 0 amide bonds. The van der Waals surface area contributed by atoms with Crippen molar-refractivity contribution in [3.8, 4) is 0 Å². The Labute approximate surface area is 114 Å². The topological polar surface area (TPSA) is 85.3 Å². The van der Waals surface area contributed by atoms with Crippen LogP contribution in [0.2, 0.25) is 5.02 Å². The van der Waals surface area contributed by atoms with E-state index in [2.05, 4.69) is 0 Å². The third-order valence-corrected chi connectivity index (χ3v) is 3.08. The van der Waals surface area contributed by atoms with E-state index < -0.39 is 5.97 Å². The molecule has 6 heteroatoms. The van der Waals surface area contributed by atoms with E-state index in [1.807, 2.05) is 0 Å². The number of carboxylic acid groups (broad SMARTS) is 1. The number of aromatic nitrogens is 1. The fraction of sp³-hybridized carbons (Fsp3) is 0.0769. The number of hydrogen-bond donors (Lipinski definition) is 2. The van der Waals surface area contributed by atoms with Gasteiger partial charge in [-0.2, -0.15) is 0 Å². The first-order chi connectivity index (χ1) is 8.90. The van der Waals surface area contributed by atoms with Crippen molar-refractivity contribution in [2.24, 2.45) is 7.05 Å². The Morgan fingerprint density at radius 3 is 2.47 bits per heavy atom. The summed E-state index contributed by atoms with van der Waals surface area (Å²) in [7, 11) is 1.57. The maximum atomic E-state index is 12.2. The number of anilines is 1. The molecule has 0 saturated heterocycles. The summed E-state index contributed by atoms with van der Waals surface area (Å²) in [4.78, 5) is 23.1. The van der Waals surface area contributed by atoms with Gasteiger partial charge in [0.15, 0.2) is 5.78 Å². The minimum atomic E-state index is -1.09. The number of carbonyl (C=O) groups is 2. The van der Waals surface area contributed by atoms with Gasteiger partial charge in [0.1, 0.15) is 5.69 Å². The van der Waals surface area contributed by atoms with Crippen molar-refractivity contribution >= 4 is 29.0 Å². The van der Waals surface area contributed by atoms with Gasteiger partial charge in [0.2, 0.25) is 0 Å².